The van der Waals surface area contributed by atoms with Crippen LogP contribution in [0.1, 0.15) is 50.1 Å². The number of hydrogen-bond acceptors (Lipinski definition) is 6. The summed E-state index contributed by atoms with van der Waals surface area (Å²) < 4.78 is 13.4. The monoisotopic (exact) mass is 1310 g/mol. The van der Waals surface area contributed by atoms with Gasteiger partial charge in [0.25, 0.3) is 0 Å². The molecule has 0 unspecified atom stereocenters. The number of benzene rings is 16. The Morgan fingerprint density at radius 2 is 0.490 bits per heavy atom. The zero-order valence-corrected chi connectivity index (χ0v) is 58.3. The molecule has 0 aliphatic rings. The first-order chi connectivity index (χ1) is 49.9. The molecule has 0 N–H and O–H groups in total. The number of nitrogens with zero attached hydrogens (tertiary/aromatic N) is 4. The van der Waals surface area contributed by atoms with Crippen molar-refractivity contribution >= 4 is 155 Å². The van der Waals surface area contributed by atoms with Crippen molar-refractivity contribution in [1.29, 1.82) is 0 Å². The van der Waals surface area contributed by atoms with Crippen LogP contribution in [0.4, 0.5) is 68.2 Å². The van der Waals surface area contributed by atoms with Crippen molar-refractivity contribution < 1.29 is 8.83 Å². The Hall–Kier alpha value is -12.6. The molecule has 16 aromatic carbocycles. The summed E-state index contributed by atoms with van der Waals surface area (Å²) in [5.74, 6) is 0. The first-order valence-corrected chi connectivity index (χ1v) is 35.3. The summed E-state index contributed by atoms with van der Waals surface area (Å²) in [6.45, 7) is 15.1. The second kappa shape index (κ2) is 25.0. The lowest BCUT2D eigenvalue weighted by Crippen LogP contribution is -2.11. The van der Waals surface area contributed by atoms with Crippen molar-refractivity contribution in [3.8, 4) is 0 Å². The van der Waals surface area contributed by atoms with E-state index in [1.807, 2.05) is 0 Å². The van der Waals surface area contributed by atoms with Crippen molar-refractivity contribution in [2.75, 3.05) is 19.6 Å². The second-order valence-electron chi connectivity index (χ2n) is 27.9. The lowest BCUT2D eigenvalue weighted by molar-refractivity contribution is 0.669. The van der Waals surface area contributed by atoms with E-state index in [9.17, 15) is 0 Å². The number of hydrogen-bond donors (Lipinski definition) is 0. The Kier molecular flexibility index (Phi) is 15.1. The topological polar surface area (TPSA) is 39.2 Å². The third-order valence-electron chi connectivity index (χ3n) is 20.8. The minimum atomic E-state index is 0.785. The summed E-state index contributed by atoms with van der Waals surface area (Å²) in [6.07, 6.45) is 0.785. The van der Waals surface area contributed by atoms with Crippen molar-refractivity contribution in [2.24, 2.45) is 0 Å². The lowest BCUT2D eigenvalue weighted by Gasteiger charge is -2.28. The SMILES string of the molecule is Cc1ccc(N(c2ccc(C)cc2)c2ccc3c(ccc4oc5ccc6cc(N(c7ccc(C)cc7)c7ccc(Cc8ccc(N(c9ccc(C)cc9)c9ccc%10c(ccc%11oc%12ccc%13cc(N(c%14ccc(C)cc%14)c%14ccccc%14C)ccc%13c%12c%11%10)c9)c(C)c8)cc7)ccc6c5c43)c2)cc1. The van der Waals surface area contributed by atoms with Crippen LogP contribution in [0.15, 0.2) is 318 Å². The van der Waals surface area contributed by atoms with E-state index in [0.717, 1.165) is 162 Å². The van der Waals surface area contributed by atoms with Gasteiger partial charge >= 0.3 is 0 Å². The van der Waals surface area contributed by atoms with E-state index >= 15 is 0 Å². The van der Waals surface area contributed by atoms with Gasteiger partial charge in [0.15, 0.2) is 0 Å². The van der Waals surface area contributed by atoms with E-state index in [2.05, 4.69) is 377 Å². The molecule has 0 fully saturated rings. The Balaban J connectivity index is 0.651. The number of rotatable bonds is 14. The van der Waals surface area contributed by atoms with E-state index in [0.29, 0.717) is 0 Å². The van der Waals surface area contributed by atoms with Gasteiger partial charge in [-0.25, -0.2) is 0 Å². The van der Waals surface area contributed by atoms with Gasteiger partial charge in [0, 0.05) is 89.8 Å². The number of fused-ring (bicyclic) bond motifs is 14. The van der Waals surface area contributed by atoms with Gasteiger partial charge in [-0.1, -0.05) is 179 Å². The molecule has 0 aliphatic carbocycles. The van der Waals surface area contributed by atoms with Gasteiger partial charge in [0.1, 0.15) is 22.3 Å². The van der Waals surface area contributed by atoms with Crippen LogP contribution in [0.3, 0.4) is 0 Å². The molecule has 0 saturated carbocycles. The molecule has 0 atom stereocenters. The minimum Gasteiger partial charge on any atom is -0.456 e. The maximum Gasteiger partial charge on any atom is 0.136 e. The Morgan fingerprint density at radius 1 is 0.216 bits per heavy atom. The highest BCUT2D eigenvalue weighted by molar-refractivity contribution is 6.28. The van der Waals surface area contributed by atoms with Crippen LogP contribution in [0.2, 0.25) is 0 Å². The predicted octanol–water partition coefficient (Wildman–Crippen LogP) is 27.7. The average molecular weight is 1320 g/mol. The standard InChI is InChI=1S/C96H74N4O2/c1-60-12-29-73(30-13-60)97(74-31-14-61(2)15-32-74)79-41-45-83-69(56-79)25-50-89-93(83)94-84-46-42-80(57-70(84)26-51-90(94)101-89)98(75-33-16-62(3)17-34-75)76-39-22-67(23-40-76)55-68-24-49-88(66(7)54-68)100(78-37-20-64(5)21-38-78)82-44-48-86-72(59-82)28-53-92-96(86)95-85-47-43-81(58-71(85)27-52-91(95)102-92)99(77-35-18-63(4)19-36-77)87-11-9-8-10-65(87)6/h8-54,56-59H,55H2,1-7H3. The predicted molar refractivity (Wildman–Crippen MR) is 432 cm³/mol. The largest absolute Gasteiger partial charge is 0.456 e. The first-order valence-electron chi connectivity index (χ1n) is 35.3. The minimum absolute atomic E-state index is 0.785. The molecule has 0 amide bonds. The normalized spacial score (nSPS) is 11.7. The number of furan rings is 2. The molecule has 0 bridgehead atoms. The molecule has 0 aliphatic heterocycles. The first kappa shape index (κ1) is 61.7. The molecule has 18 aromatic rings. The Bertz CT molecular complexity index is 6240. The molecule has 0 spiro atoms. The van der Waals surface area contributed by atoms with Gasteiger partial charge in [-0.05, 0) is 278 Å². The molecule has 0 radical (unpaired) electrons. The smallest absolute Gasteiger partial charge is 0.136 e. The molecule has 6 nitrogen and oxygen atoms in total. The highest BCUT2D eigenvalue weighted by Crippen LogP contribution is 2.48. The highest BCUT2D eigenvalue weighted by Gasteiger charge is 2.24. The zero-order chi connectivity index (χ0) is 68.9. The molecular weight excluding hydrogens is 1240 g/mol. The molecule has 6 heteroatoms. The summed E-state index contributed by atoms with van der Waals surface area (Å²) in [4.78, 5) is 9.50. The van der Waals surface area contributed by atoms with E-state index in [1.54, 1.807) is 0 Å². The van der Waals surface area contributed by atoms with E-state index in [-0.39, 0.29) is 0 Å². The Morgan fingerprint density at radius 3 is 0.814 bits per heavy atom. The van der Waals surface area contributed by atoms with Crippen LogP contribution < -0.4 is 19.6 Å². The van der Waals surface area contributed by atoms with Gasteiger partial charge in [-0.2, -0.15) is 0 Å². The van der Waals surface area contributed by atoms with Crippen molar-refractivity contribution in [3.05, 3.63) is 359 Å². The van der Waals surface area contributed by atoms with Crippen molar-refractivity contribution in [2.45, 2.75) is 54.9 Å². The average Bonchev–Trinajstić information content (AvgIpc) is 1.57. The summed E-state index contributed by atoms with van der Waals surface area (Å²) >= 11 is 0. The van der Waals surface area contributed by atoms with Crippen LogP contribution in [-0.4, -0.2) is 0 Å². The molecule has 2 aromatic heterocycles. The molecule has 490 valence electrons. The highest BCUT2D eigenvalue weighted by atomic mass is 16.3. The fraction of sp³-hybridized carbons (Fsp3) is 0.0833. The van der Waals surface area contributed by atoms with Crippen LogP contribution >= 0.6 is 0 Å². The molecule has 2 heterocycles. The maximum absolute atomic E-state index is 6.71. The molecule has 0 saturated heterocycles. The quantitative estimate of drug-likeness (QED) is 0.108. The third kappa shape index (κ3) is 11.0. The third-order valence-corrected chi connectivity index (χ3v) is 20.8. The van der Waals surface area contributed by atoms with Gasteiger partial charge in [-0.15, -0.1) is 0 Å². The molecular formula is C96H74N4O2. The molecule has 102 heavy (non-hydrogen) atoms. The summed E-state index contributed by atoms with van der Waals surface area (Å²) in [5, 5.41) is 13.7. The van der Waals surface area contributed by atoms with Crippen LogP contribution in [-0.2, 0) is 6.42 Å². The van der Waals surface area contributed by atoms with Crippen LogP contribution in [0.5, 0.6) is 0 Å². The number of para-hydroxylation sites is 1. The van der Waals surface area contributed by atoms with Gasteiger partial charge < -0.3 is 28.4 Å². The Labute approximate surface area is 594 Å². The van der Waals surface area contributed by atoms with E-state index in [1.165, 1.54) is 50.1 Å². The van der Waals surface area contributed by atoms with Gasteiger partial charge in [-0.3, -0.25) is 0 Å². The zero-order valence-electron chi connectivity index (χ0n) is 58.3. The lowest BCUT2D eigenvalue weighted by atomic mass is 9.98. The second-order valence-corrected chi connectivity index (χ2v) is 27.9. The van der Waals surface area contributed by atoms with Crippen molar-refractivity contribution in [3.63, 3.8) is 0 Å². The maximum atomic E-state index is 6.71. The van der Waals surface area contributed by atoms with Crippen molar-refractivity contribution in [1.82, 2.24) is 0 Å². The summed E-state index contributed by atoms with van der Waals surface area (Å²) in [6, 6.07) is 114. The van der Waals surface area contributed by atoms with Gasteiger partial charge in [0.2, 0.25) is 0 Å². The fourth-order valence-electron chi connectivity index (χ4n) is 15.5. The number of anilines is 12. The van der Waals surface area contributed by atoms with Crippen LogP contribution in [0, 0.1) is 48.5 Å². The van der Waals surface area contributed by atoms with Crippen LogP contribution in [0.25, 0.3) is 87.0 Å². The summed E-state index contributed by atoms with van der Waals surface area (Å²) in [5.41, 5.74) is 27.8. The number of aryl methyl sites for hydroxylation is 7. The molecule has 18 rings (SSSR count). The van der Waals surface area contributed by atoms with Gasteiger partial charge in [0.05, 0.1) is 0 Å². The fourth-order valence-corrected chi connectivity index (χ4v) is 15.5. The summed E-state index contributed by atoms with van der Waals surface area (Å²) in [7, 11) is 0. The van der Waals surface area contributed by atoms with E-state index < -0.39 is 0 Å². The van der Waals surface area contributed by atoms with E-state index in [4.69, 9.17) is 8.83 Å².